The summed E-state index contributed by atoms with van der Waals surface area (Å²) >= 11 is 0. The van der Waals surface area contributed by atoms with Gasteiger partial charge >= 0.3 is 0 Å². The molecule has 0 fully saturated rings. The minimum absolute atomic E-state index is 0.0302. The molecule has 2 aromatic heterocycles. The van der Waals surface area contributed by atoms with Crippen molar-refractivity contribution in [2.24, 2.45) is 0 Å². The summed E-state index contributed by atoms with van der Waals surface area (Å²) in [5.41, 5.74) is 3.36. The van der Waals surface area contributed by atoms with Gasteiger partial charge in [-0.2, -0.15) is 0 Å². The van der Waals surface area contributed by atoms with E-state index < -0.39 is 0 Å². The fourth-order valence-electron chi connectivity index (χ4n) is 2.51. The summed E-state index contributed by atoms with van der Waals surface area (Å²) in [5, 5.41) is 9.21. The second-order valence-electron chi connectivity index (χ2n) is 5.92. The predicted octanol–water partition coefficient (Wildman–Crippen LogP) is 2.58. The average molecular weight is 257 g/mol. The van der Waals surface area contributed by atoms with E-state index in [1.807, 2.05) is 22.8 Å². The predicted molar refractivity (Wildman–Crippen MR) is 76.5 cm³/mol. The van der Waals surface area contributed by atoms with E-state index in [1.54, 1.807) is 0 Å². The Morgan fingerprint density at radius 1 is 1.21 bits per heavy atom. The Bertz CT molecular complexity index is 731. The van der Waals surface area contributed by atoms with Gasteiger partial charge in [-0.15, -0.1) is 0 Å². The van der Waals surface area contributed by atoms with Crippen molar-refractivity contribution in [1.82, 2.24) is 14.0 Å². The third-order valence-corrected chi connectivity index (χ3v) is 3.43. The SMILES string of the molecule is CC(C)(C)c1cn(CCO)c2nc3ccccc3n12. The molecule has 1 N–H and O–H groups in total. The molecular formula is C15H19N3O. The molecule has 0 atom stereocenters. The third kappa shape index (κ3) is 1.83. The summed E-state index contributed by atoms with van der Waals surface area (Å²) in [5.74, 6) is 0.903. The highest BCUT2D eigenvalue weighted by Crippen LogP contribution is 2.28. The standard InChI is InChI=1S/C15H19N3O/c1-15(2,3)13-10-17(8-9-19)14-16-11-6-4-5-7-12(11)18(13)14/h4-7,10,19H,8-9H2,1-3H3. The summed E-state index contributed by atoms with van der Waals surface area (Å²) in [6.07, 6.45) is 2.10. The number of fused-ring (bicyclic) bond motifs is 3. The smallest absolute Gasteiger partial charge is 0.215 e. The molecule has 1 aromatic carbocycles. The van der Waals surface area contributed by atoms with Crippen LogP contribution in [0.25, 0.3) is 16.8 Å². The molecule has 0 unspecified atom stereocenters. The maximum Gasteiger partial charge on any atom is 0.215 e. The molecule has 0 saturated heterocycles. The van der Waals surface area contributed by atoms with E-state index in [0.29, 0.717) is 6.54 Å². The van der Waals surface area contributed by atoms with Crippen molar-refractivity contribution in [2.45, 2.75) is 32.7 Å². The molecule has 4 heteroatoms. The number of aliphatic hydroxyl groups is 1. The largest absolute Gasteiger partial charge is 0.395 e. The van der Waals surface area contributed by atoms with E-state index in [2.05, 4.69) is 42.4 Å². The van der Waals surface area contributed by atoms with Crippen LogP contribution >= 0.6 is 0 Å². The number of hydrogen-bond donors (Lipinski definition) is 1. The summed E-state index contributed by atoms with van der Waals surface area (Å²) < 4.78 is 4.23. The second-order valence-corrected chi connectivity index (χ2v) is 5.92. The molecule has 3 aromatic rings. The highest BCUT2D eigenvalue weighted by atomic mass is 16.3. The van der Waals surface area contributed by atoms with Crippen molar-refractivity contribution < 1.29 is 5.11 Å². The molecule has 0 aliphatic rings. The van der Waals surface area contributed by atoms with Crippen LogP contribution in [-0.4, -0.2) is 25.7 Å². The summed E-state index contributed by atoms with van der Waals surface area (Å²) in [6, 6.07) is 8.15. The van der Waals surface area contributed by atoms with Crippen LogP contribution in [0.1, 0.15) is 26.5 Å². The van der Waals surface area contributed by atoms with Crippen LogP contribution in [0.3, 0.4) is 0 Å². The lowest BCUT2D eigenvalue weighted by atomic mass is 9.93. The van der Waals surface area contributed by atoms with Crippen LogP contribution in [0.2, 0.25) is 0 Å². The van der Waals surface area contributed by atoms with Crippen LogP contribution in [0.4, 0.5) is 0 Å². The Labute approximate surface area is 112 Å². The van der Waals surface area contributed by atoms with Gasteiger partial charge in [0.25, 0.3) is 0 Å². The van der Waals surface area contributed by atoms with Crippen molar-refractivity contribution in [3.63, 3.8) is 0 Å². The van der Waals surface area contributed by atoms with Crippen molar-refractivity contribution in [3.05, 3.63) is 36.2 Å². The molecule has 3 rings (SSSR count). The minimum Gasteiger partial charge on any atom is -0.395 e. The normalized spacial score (nSPS) is 12.6. The van der Waals surface area contributed by atoms with E-state index in [9.17, 15) is 5.11 Å². The van der Waals surface area contributed by atoms with Gasteiger partial charge in [-0.1, -0.05) is 32.9 Å². The molecule has 0 bridgehead atoms. The number of imidazole rings is 2. The maximum atomic E-state index is 9.21. The lowest BCUT2D eigenvalue weighted by Crippen LogP contribution is -2.13. The zero-order chi connectivity index (χ0) is 13.6. The number of hydrogen-bond acceptors (Lipinski definition) is 2. The molecule has 0 amide bonds. The molecule has 0 spiro atoms. The monoisotopic (exact) mass is 257 g/mol. The van der Waals surface area contributed by atoms with E-state index in [1.165, 1.54) is 5.69 Å². The average Bonchev–Trinajstić information content (AvgIpc) is 2.87. The van der Waals surface area contributed by atoms with Gasteiger partial charge in [0.2, 0.25) is 5.78 Å². The quantitative estimate of drug-likeness (QED) is 0.766. The van der Waals surface area contributed by atoms with E-state index >= 15 is 0 Å². The Hall–Kier alpha value is -1.81. The van der Waals surface area contributed by atoms with Gasteiger partial charge in [-0.05, 0) is 12.1 Å². The van der Waals surface area contributed by atoms with Crippen LogP contribution in [0, 0.1) is 0 Å². The Morgan fingerprint density at radius 3 is 2.63 bits per heavy atom. The summed E-state index contributed by atoms with van der Waals surface area (Å²) in [6.45, 7) is 7.28. The first kappa shape index (κ1) is 12.2. The van der Waals surface area contributed by atoms with Gasteiger partial charge in [0, 0.05) is 23.9 Å². The highest BCUT2D eigenvalue weighted by molar-refractivity contribution is 5.80. The zero-order valence-electron chi connectivity index (χ0n) is 11.6. The van der Waals surface area contributed by atoms with Crippen LogP contribution in [0.15, 0.2) is 30.5 Å². The maximum absolute atomic E-state index is 9.21. The van der Waals surface area contributed by atoms with E-state index in [-0.39, 0.29) is 12.0 Å². The molecule has 2 heterocycles. The Morgan fingerprint density at radius 2 is 1.95 bits per heavy atom. The second kappa shape index (κ2) is 4.10. The summed E-state index contributed by atoms with van der Waals surface area (Å²) in [4.78, 5) is 4.68. The number of nitrogens with zero attached hydrogens (tertiary/aromatic N) is 3. The molecule has 19 heavy (non-hydrogen) atoms. The summed E-state index contributed by atoms with van der Waals surface area (Å²) in [7, 11) is 0. The van der Waals surface area contributed by atoms with Crippen LogP contribution in [-0.2, 0) is 12.0 Å². The van der Waals surface area contributed by atoms with Crippen molar-refractivity contribution in [1.29, 1.82) is 0 Å². The molecule has 0 saturated carbocycles. The van der Waals surface area contributed by atoms with Crippen LogP contribution < -0.4 is 0 Å². The minimum atomic E-state index is 0.0302. The molecule has 100 valence electrons. The highest BCUT2D eigenvalue weighted by Gasteiger charge is 2.22. The molecule has 4 nitrogen and oxygen atoms in total. The lowest BCUT2D eigenvalue weighted by Gasteiger charge is -2.17. The van der Waals surface area contributed by atoms with Gasteiger partial charge in [-0.25, -0.2) is 4.98 Å². The fourth-order valence-corrected chi connectivity index (χ4v) is 2.51. The number of aromatic nitrogens is 3. The van der Waals surface area contributed by atoms with Gasteiger partial charge < -0.3 is 9.67 Å². The lowest BCUT2D eigenvalue weighted by molar-refractivity contribution is 0.277. The van der Waals surface area contributed by atoms with Crippen LogP contribution in [0.5, 0.6) is 0 Å². The molecule has 0 radical (unpaired) electrons. The molecule has 0 aliphatic heterocycles. The number of rotatable bonds is 2. The van der Waals surface area contributed by atoms with Crippen molar-refractivity contribution in [2.75, 3.05) is 6.61 Å². The zero-order valence-corrected chi connectivity index (χ0v) is 11.6. The number of aliphatic hydroxyl groups excluding tert-OH is 1. The Balaban J connectivity index is 2.41. The van der Waals surface area contributed by atoms with Gasteiger partial charge in [-0.3, -0.25) is 4.40 Å². The van der Waals surface area contributed by atoms with Gasteiger partial charge in [0.15, 0.2) is 0 Å². The Kier molecular flexibility index (Phi) is 2.64. The molecule has 0 aliphatic carbocycles. The van der Waals surface area contributed by atoms with E-state index in [0.717, 1.165) is 16.8 Å². The first-order chi connectivity index (χ1) is 9.02. The molecular weight excluding hydrogens is 238 g/mol. The van der Waals surface area contributed by atoms with Crippen molar-refractivity contribution >= 4 is 16.8 Å². The first-order valence-electron chi connectivity index (χ1n) is 6.60. The third-order valence-electron chi connectivity index (χ3n) is 3.43. The van der Waals surface area contributed by atoms with Gasteiger partial charge in [0.1, 0.15) is 0 Å². The number of para-hydroxylation sites is 2. The first-order valence-corrected chi connectivity index (χ1v) is 6.60. The fraction of sp³-hybridized carbons (Fsp3) is 0.400. The van der Waals surface area contributed by atoms with E-state index in [4.69, 9.17) is 0 Å². The topological polar surface area (TPSA) is 42.5 Å². The van der Waals surface area contributed by atoms with Crippen molar-refractivity contribution in [3.8, 4) is 0 Å². The van der Waals surface area contributed by atoms with Gasteiger partial charge in [0.05, 0.1) is 17.6 Å². The number of benzene rings is 1.